The predicted octanol–water partition coefficient (Wildman–Crippen LogP) is 4.37. The highest BCUT2D eigenvalue weighted by molar-refractivity contribution is 6.30. The second-order valence-corrected chi connectivity index (χ2v) is 6.49. The van der Waals surface area contributed by atoms with Crippen LogP contribution in [0.15, 0.2) is 48.5 Å². The van der Waals surface area contributed by atoms with Gasteiger partial charge in [-0.2, -0.15) is 0 Å². The maximum atomic E-state index is 12.6. The van der Waals surface area contributed by atoms with Gasteiger partial charge in [0.25, 0.3) is 0 Å². The average Bonchev–Trinajstić information content (AvgIpc) is 3.35. The van der Waals surface area contributed by atoms with Crippen molar-refractivity contribution in [3.63, 3.8) is 0 Å². The van der Waals surface area contributed by atoms with Crippen molar-refractivity contribution < 1.29 is 4.79 Å². The van der Waals surface area contributed by atoms with Crippen molar-refractivity contribution in [2.75, 3.05) is 11.4 Å². The normalized spacial score (nSPS) is 20.5. The molecule has 1 saturated carbocycles. The smallest absolute Gasteiger partial charge is 0.322 e. The van der Waals surface area contributed by atoms with Gasteiger partial charge in [-0.1, -0.05) is 41.9 Å². The van der Waals surface area contributed by atoms with E-state index in [1.807, 2.05) is 53.4 Å². The summed E-state index contributed by atoms with van der Waals surface area (Å²) in [6.07, 6.45) is 2.43. The van der Waals surface area contributed by atoms with Crippen LogP contribution in [0, 0.1) is 5.92 Å². The number of hydrogen-bond donors (Lipinski definition) is 1. The van der Waals surface area contributed by atoms with E-state index in [2.05, 4.69) is 5.32 Å². The molecule has 1 aliphatic heterocycles. The average molecular weight is 313 g/mol. The van der Waals surface area contributed by atoms with Gasteiger partial charge in [-0.05, 0) is 42.5 Å². The number of amides is 2. The molecule has 1 fully saturated rings. The number of halogens is 1. The highest BCUT2D eigenvalue weighted by Gasteiger charge is 2.35. The maximum Gasteiger partial charge on any atom is 0.322 e. The van der Waals surface area contributed by atoms with E-state index in [1.54, 1.807) is 0 Å². The monoisotopic (exact) mass is 312 g/mol. The minimum absolute atomic E-state index is 0.0180. The third kappa shape index (κ3) is 2.46. The number of nitrogens with zero attached hydrogens (tertiary/aromatic N) is 1. The number of carbonyl (C=O) groups is 1. The topological polar surface area (TPSA) is 32.3 Å². The zero-order valence-corrected chi connectivity index (χ0v) is 12.9. The molecular formula is C18H17ClN2O. The van der Waals surface area contributed by atoms with E-state index >= 15 is 0 Å². The summed E-state index contributed by atoms with van der Waals surface area (Å²) in [5.74, 6) is 0.641. The number of fused-ring (bicyclic) bond motifs is 1. The number of urea groups is 1. The lowest BCUT2D eigenvalue weighted by Gasteiger charge is -2.35. The molecule has 4 rings (SSSR count). The predicted molar refractivity (Wildman–Crippen MR) is 88.3 cm³/mol. The summed E-state index contributed by atoms with van der Waals surface area (Å²) < 4.78 is 0. The van der Waals surface area contributed by atoms with E-state index in [9.17, 15) is 4.79 Å². The van der Waals surface area contributed by atoms with Crippen LogP contribution in [0.1, 0.15) is 30.0 Å². The molecule has 1 aliphatic carbocycles. The molecule has 2 aliphatic rings. The van der Waals surface area contributed by atoms with Gasteiger partial charge < -0.3 is 5.32 Å². The fraction of sp³-hybridized carbons (Fsp3) is 0.278. The van der Waals surface area contributed by atoms with Gasteiger partial charge in [0, 0.05) is 17.1 Å². The molecule has 2 aromatic rings. The van der Waals surface area contributed by atoms with Crippen LogP contribution in [0.5, 0.6) is 0 Å². The number of benzene rings is 2. The Labute approximate surface area is 134 Å². The number of hydrogen-bond acceptors (Lipinski definition) is 1. The molecule has 1 atom stereocenters. The standard InChI is InChI=1S/C18H17ClN2O/c19-14-8-9-16-15(10-14)17(13-4-2-1-3-5-13)20-18(22)21(16)11-12-6-7-12/h1-5,8-10,12,17H,6-7,11H2,(H,20,22). The van der Waals surface area contributed by atoms with Crippen LogP contribution < -0.4 is 10.2 Å². The second-order valence-electron chi connectivity index (χ2n) is 6.05. The van der Waals surface area contributed by atoms with Crippen LogP contribution in [0.3, 0.4) is 0 Å². The second kappa shape index (κ2) is 5.33. The molecule has 2 aromatic carbocycles. The lowest BCUT2D eigenvalue weighted by molar-refractivity contribution is 0.242. The molecule has 4 heteroatoms. The molecule has 0 saturated heterocycles. The maximum absolute atomic E-state index is 12.6. The first-order valence-corrected chi connectivity index (χ1v) is 8.02. The van der Waals surface area contributed by atoms with Crippen LogP contribution in [-0.2, 0) is 0 Å². The number of nitrogens with one attached hydrogen (secondary N) is 1. The molecule has 22 heavy (non-hydrogen) atoms. The molecule has 3 nitrogen and oxygen atoms in total. The van der Waals surface area contributed by atoms with E-state index < -0.39 is 0 Å². The molecular weight excluding hydrogens is 296 g/mol. The quantitative estimate of drug-likeness (QED) is 0.897. The van der Waals surface area contributed by atoms with Crippen LogP contribution in [0.25, 0.3) is 0 Å². The van der Waals surface area contributed by atoms with E-state index in [4.69, 9.17) is 11.6 Å². The van der Waals surface area contributed by atoms with Crippen LogP contribution in [-0.4, -0.2) is 12.6 Å². The molecule has 0 radical (unpaired) electrons. The van der Waals surface area contributed by atoms with Gasteiger partial charge in [-0.3, -0.25) is 4.90 Å². The van der Waals surface area contributed by atoms with E-state index in [0.717, 1.165) is 23.4 Å². The van der Waals surface area contributed by atoms with Crippen LogP contribution in [0.4, 0.5) is 10.5 Å². The van der Waals surface area contributed by atoms with Crippen molar-refractivity contribution in [2.24, 2.45) is 5.92 Å². The largest absolute Gasteiger partial charge is 0.327 e. The number of carbonyl (C=O) groups excluding carboxylic acids is 1. The Balaban J connectivity index is 1.79. The van der Waals surface area contributed by atoms with E-state index in [-0.39, 0.29) is 12.1 Å². The zero-order valence-electron chi connectivity index (χ0n) is 12.1. The first-order valence-electron chi connectivity index (χ1n) is 7.65. The summed E-state index contributed by atoms with van der Waals surface area (Å²) in [7, 11) is 0. The molecule has 1 heterocycles. The van der Waals surface area contributed by atoms with Gasteiger partial charge in [0.05, 0.1) is 11.7 Å². The summed E-state index contributed by atoms with van der Waals surface area (Å²) in [4.78, 5) is 14.4. The summed E-state index contributed by atoms with van der Waals surface area (Å²) in [6.45, 7) is 0.794. The minimum atomic E-state index is -0.141. The highest BCUT2D eigenvalue weighted by Crippen LogP contribution is 2.39. The summed E-state index contributed by atoms with van der Waals surface area (Å²) in [5.41, 5.74) is 3.12. The highest BCUT2D eigenvalue weighted by atomic mass is 35.5. The molecule has 2 amide bonds. The van der Waals surface area contributed by atoms with Crippen molar-refractivity contribution in [1.29, 1.82) is 0 Å². The van der Waals surface area contributed by atoms with Gasteiger partial charge in [0.2, 0.25) is 0 Å². The van der Waals surface area contributed by atoms with Gasteiger partial charge in [-0.15, -0.1) is 0 Å². The van der Waals surface area contributed by atoms with Crippen LogP contribution in [0.2, 0.25) is 5.02 Å². The number of anilines is 1. The van der Waals surface area contributed by atoms with Crippen molar-refractivity contribution >= 4 is 23.3 Å². The molecule has 0 aromatic heterocycles. The zero-order chi connectivity index (χ0) is 15.1. The molecule has 0 bridgehead atoms. The first-order chi connectivity index (χ1) is 10.7. The van der Waals surface area contributed by atoms with E-state index in [0.29, 0.717) is 10.9 Å². The first kappa shape index (κ1) is 13.6. The Bertz CT molecular complexity index is 712. The van der Waals surface area contributed by atoms with Crippen molar-refractivity contribution in [3.8, 4) is 0 Å². The molecule has 1 unspecified atom stereocenters. The fourth-order valence-electron chi connectivity index (χ4n) is 3.04. The Hall–Kier alpha value is -2.00. The number of rotatable bonds is 3. The summed E-state index contributed by atoms with van der Waals surface area (Å²) in [5, 5.41) is 3.82. The van der Waals surface area contributed by atoms with Crippen molar-refractivity contribution in [2.45, 2.75) is 18.9 Å². The minimum Gasteiger partial charge on any atom is -0.327 e. The Kier molecular flexibility index (Phi) is 3.30. The van der Waals surface area contributed by atoms with Gasteiger partial charge in [0.15, 0.2) is 0 Å². The van der Waals surface area contributed by atoms with Crippen molar-refractivity contribution in [3.05, 3.63) is 64.7 Å². The van der Waals surface area contributed by atoms with Gasteiger partial charge in [0.1, 0.15) is 0 Å². The lowest BCUT2D eigenvalue weighted by Crippen LogP contribution is -2.47. The Morgan fingerprint density at radius 1 is 1.14 bits per heavy atom. The molecule has 112 valence electrons. The van der Waals surface area contributed by atoms with E-state index in [1.165, 1.54) is 12.8 Å². The lowest BCUT2D eigenvalue weighted by atomic mass is 9.95. The van der Waals surface area contributed by atoms with Gasteiger partial charge in [-0.25, -0.2) is 4.79 Å². The summed E-state index contributed by atoms with van der Waals surface area (Å²) >= 11 is 6.20. The molecule has 0 spiro atoms. The summed E-state index contributed by atoms with van der Waals surface area (Å²) in [6, 6.07) is 15.7. The Morgan fingerprint density at radius 3 is 2.64 bits per heavy atom. The SMILES string of the molecule is O=C1NC(c2ccccc2)c2cc(Cl)ccc2N1CC1CC1. The van der Waals surface area contributed by atoms with Crippen molar-refractivity contribution in [1.82, 2.24) is 5.32 Å². The molecule has 1 N–H and O–H groups in total. The third-order valence-corrected chi connectivity index (χ3v) is 4.61. The van der Waals surface area contributed by atoms with Crippen LogP contribution >= 0.6 is 11.6 Å². The van der Waals surface area contributed by atoms with Gasteiger partial charge >= 0.3 is 6.03 Å². The Morgan fingerprint density at radius 2 is 1.91 bits per heavy atom. The fourth-order valence-corrected chi connectivity index (χ4v) is 3.22. The third-order valence-electron chi connectivity index (χ3n) is 4.37.